The lowest BCUT2D eigenvalue weighted by Gasteiger charge is -2.18. The van der Waals surface area contributed by atoms with Crippen LogP contribution >= 0.6 is 0 Å². The molecule has 6 rings (SSSR count). The molecule has 1 aromatic carbocycles. The van der Waals surface area contributed by atoms with E-state index in [4.69, 9.17) is 10.8 Å². The molecule has 2 fully saturated rings. The largest absolute Gasteiger partial charge is 0.586 e. The van der Waals surface area contributed by atoms with Gasteiger partial charge in [0.1, 0.15) is 17.8 Å². The van der Waals surface area contributed by atoms with Crippen LogP contribution in [0, 0.1) is 11.8 Å². The minimum Gasteiger partial charge on any atom is -0.395 e. The van der Waals surface area contributed by atoms with E-state index in [0.29, 0.717) is 47.2 Å². The Hall–Kier alpha value is -3.76. The summed E-state index contributed by atoms with van der Waals surface area (Å²) >= 11 is 0. The van der Waals surface area contributed by atoms with E-state index in [1.54, 1.807) is 6.07 Å². The molecule has 0 radical (unpaired) electrons. The SMILES string of the molecule is C=CC(=O)N1CC2CC(n3nc(-c4ccc5c(c4)OC(F)(F)O5)c4c(N)ncnc43)CC2C1. The number of ether oxygens (including phenoxy) is 2. The predicted molar refractivity (Wildman–Crippen MR) is 113 cm³/mol. The zero-order chi connectivity index (χ0) is 22.9. The molecule has 9 nitrogen and oxygen atoms in total. The summed E-state index contributed by atoms with van der Waals surface area (Å²) in [5.41, 5.74) is 7.81. The van der Waals surface area contributed by atoms with E-state index < -0.39 is 6.29 Å². The molecule has 33 heavy (non-hydrogen) atoms. The number of fused-ring (bicyclic) bond motifs is 3. The highest BCUT2D eigenvalue weighted by atomic mass is 19.3. The standard InChI is InChI=1S/C22H20F2N6O3/c1-2-17(31)29-8-12-5-14(6-13(12)9-29)30-21-18(20(25)26-10-27-21)19(28-30)11-3-4-15-16(7-11)33-22(23,24)32-15/h2-4,7,10,12-14H,1,5-6,8-9H2,(H2,25,26,27). The molecule has 0 bridgehead atoms. The first kappa shape index (κ1) is 19.9. The molecule has 3 aliphatic rings. The first-order chi connectivity index (χ1) is 15.8. The summed E-state index contributed by atoms with van der Waals surface area (Å²) in [6.45, 7) is 4.98. The zero-order valence-electron chi connectivity index (χ0n) is 17.4. The van der Waals surface area contributed by atoms with Crippen LogP contribution in [-0.4, -0.2) is 49.9 Å². The quantitative estimate of drug-likeness (QED) is 0.606. The second-order valence-corrected chi connectivity index (χ2v) is 8.67. The van der Waals surface area contributed by atoms with Gasteiger partial charge in [0.05, 0.1) is 11.4 Å². The summed E-state index contributed by atoms with van der Waals surface area (Å²) in [4.78, 5) is 22.4. The van der Waals surface area contributed by atoms with E-state index in [1.165, 1.54) is 24.5 Å². The van der Waals surface area contributed by atoms with Crippen LogP contribution < -0.4 is 15.2 Å². The van der Waals surface area contributed by atoms with Crippen molar-refractivity contribution in [1.29, 1.82) is 0 Å². The zero-order valence-corrected chi connectivity index (χ0v) is 17.4. The van der Waals surface area contributed by atoms with Gasteiger partial charge in [-0.25, -0.2) is 14.6 Å². The van der Waals surface area contributed by atoms with E-state index >= 15 is 0 Å². The first-order valence-electron chi connectivity index (χ1n) is 10.6. The van der Waals surface area contributed by atoms with Crippen molar-refractivity contribution in [1.82, 2.24) is 24.6 Å². The minimum atomic E-state index is -3.70. The highest BCUT2D eigenvalue weighted by Crippen LogP contribution is 2.47. The molecule has 3 aromatic rings. The predicted octanol–water partition coefficient (Wildman–Crippen LogP) is 2.99. The van der Waals surface area contributed by atoms with E-state index in [1.807, 2.05) is 9.58 Å². The summed E-state index contributed by atoms with van der Waals surface area (Å²) in [6.07, 6.45) is 0.734. The lowest BCUT2D eigenvalue weighted by Crippen LogP contribution is -2.28. The molecule has 1 saturated carbocycles. The Bertz CT molecular complexity index is 1290. The molecule has 4 heterocycles. The van der Waals surface area contributed by atoms with E-state index in [0.717, 1.165) is 12.8 Å². The second kappa shape index (κ2) is 6.87. The summed E-state index contributed by atoms with van der Waals surface area (Å²) < 4.78 is 37.9. The number of amides is 1. The molecule has 11 heteroatoms. The fourth-order valence-electron chi connectivity index (χ4n) is 5.33. The van der Waals surface area contributed by atoms with Crippen LogP contribution in [-0.2, 0) is 4.79 Å². The third kappa shape index (κ3) is 3.10. The van der Waals surface area contributed by atoms with Crippen molar-refractivity contribution in [2.24, 2.45) is 11.8 Å². The van der Waals surface area contributed by atoms with Gasteiger partial charge in [-0.15, -0.1) is 8.78 Å². The van der Waals surface area contributed by atoms with Gasteiger partial charge >= 0.3 is 6.29 Å². The summed E-state index contributed by atoms with van der Waals surface area (Å²) in [7, 11) is 0. The molecular formula is C22H20F2N6O3. The number of halogens is 2. The lowest BCUT2D eigenvalue weighted by atomic mass is 10.0. The normalized spacial score (nSPS) is 24.9. The maximum Gasteiger partial charge on any atom is 0.586 e. The van der Waals surface area contributed by atoms with Crippen molar-refractivity contribution < 1.29 is 23.0 Å². The molecule has 2 atom stereocenters. The average molecular weight is 454 g/mol. The van der Waals surface area contributed by atoms with Gasteiger partial charge in [-0.3, -0.25) is 4.79 Å². The third-order valence-corrected chi connectivity index (χ3v) is 6.75. The Kier molecular flexibility index (Phi) is 4.14. The number of nitrogen functional groups attached to an aromatic ring is 1. The molecule has 2 N–H and O–H groups in total. The number of likely N-dealkylation sites (tertiary alicyclic amines) is 1. The molecule has 170 valence electrons. The highest BCUT2D eigenvalue weighted by Gasteiger charge is 2.45. The number of hydrogen-bond donors (Lipinski definition) is 1. The number of carbonyl (C=O) groups excluding carboxylic acids is 1. The van der Waals surface area contributed by atoms with Crippen molar-refractivity contribution in [3.05, 3.63) is 37.2 Å². The van der Waals surface area contributed by atoms with E-state index in [9.17, 15) is 13.6 Å². The Balaban J connectivity index is 1.37. The summed E-state index contributed by atoms with van der Waals surface area (Å²) in [5.74, 6) is 0.839. The summed E-state index contributed by atoms with van der Waals surface area (Å²) in [5, 5.41) is 5.37. The van der Waals surface area contributed by atoms with Crippen molar-refractivity contribution in [2.45, 2.75) is 25.2 Å². The molecule has 1 amide bonds. The number of hydrogen-bond acceptors (Lipinski definition) is 7. The topological polar surface area (TPSA) is 108 Å². The van der Waals surface area contributed by atoms with Gasteiger partial charge < -0.3 is 20.1 Å². The second-order valence-electron chi connectivity index (χ2n) is 8.67. The number of benzene rings is 1. The van der Waals surface area contributed by atoms with Crippen LogP contribution in [0.4, 0.5) is 14.6 Å². The third-order valence-electron chi connectivity index (χ3n) is 6.75. The van der Waals surface area contributed by atoms with Gasteiger partial charge in [0.15, 0.2) is 17.1 Å². The number of alkyl halides is 2. The number of carbonyl (C=O) groups is 1. The van der Waals surface area contributed by atoms with Crippen molar-refractivity contribution in [3.63, 3.8) is 0 Å². The van der Waals surface area contributed by atoms with Crippen LogP contribution in [0.15, 0.2) is 37.2 Å². The van der Waals surface area contributed by atoms with E-state index in [-0.39, 0.29) is 29.3 Å². The Morgan fingerprint density at radius 1 is 1.18 bits per heavy atom. The van der Waals surface area contributed by atoms with Gasteiger partial charge in [0.2, 0.25) is 5.91 Å². The van der Waals surface area contributed by atoms with Gasteiger partial charge in [-0.1, -0.05) is 6.58 Å². The number of aromatic nitrogens is 4. The van der Waals surface area contributed by atoms with Crippen LogP contribution in [0.5, 0.6) is 11.5 Å². The first-order valence-corrected chi connectivity index (χ1v) is 10.6. The van der Waals surface area contributed by atoms with Crippen LogP contribution in [0.25, 0.3) is 22.3 Å². The number of nitrogens with two attached hydrogens (primary N) is 1. The fourth-order valence-corrected chi connectivity index (χ4v) is 5.33. The molecule has 2 unspecified atom stereocenters. The van der Waals surface area contributed by atoms with Crippen molar-refractivity contribution in [3.8, 4) is 22.8 Å². The molecule has 2 aromatic heterocycles. The van der Waals surface area contributed by atoms with Gasteiger partial charge in [-0.05, 0) is 49.0 Å². The van der Waals surface area contributed by atoms with Gasteiger partial charge in [0, 0.05) is 18.7 Å². The van der Waals surface area contributed by atoms with Crippen molar-refractivity contribution >= 4 is 22.8 Å². The number of nitrogens with zero attached hydrogens (tertiary/aromatic N) is 5. The molecule has 2 aliphatic heterocycles. The molecule has 1 saturated heterocycles. The smallest absolute Gasteiger partial charge is 0.395 e. The molecular weight excluding hydrogens is 434 g/mol. The maximum absolute atomic E-state index is 13.5. The number of rotatable bonds is 3. The van der Waals surface area contributed by atoms with Gasteiger partial charge in [0.25, 0.3) is 0 Å². The monoisotopic (exact) mass is 454 g/mol. The maximum atomic E-state index is 13.5. The molecule has 1 aliphatic carbocycles. The number of anilines is 1. The fraction of sp³-hybridized carbons (Fsp3) is 0.364. The van der Waals surface area contributed by atoms with Crippen LogP contribution in [0.2, 0.25) is 0 Å². The summed E-state index contributed by atoms with van der Waals surface area (Å²) in [6, 6.07) is 4.58. The van der Waals surface area contributed by atoms with Crippen LogP contribution in [0.3, 0.4) is 0 Å². The van der Waals surface area contributed by atoms with Crippen molar-refractivity contribution in [2.75, 3.05) is 18.8 Å². The lowest BCUT2D eigenvalue weighted by molar-refractivity contribution is -0.286. The Labute approximate surface area is 186 Å². The molecule has 0 spiro atoms. The Morgan fingerprint density at radius 3 is 2.64 bits per heavy atom. The van der Waals surface area contributed by atoms with Crippen LogP contribution in [0.1, 0.15) is 18.9 Å². The minimum absolute atomic E-state index is 0.0401. The highest BCUT2D eigenvalue weighted by molar-refractivity contribution is 5.98. The van der Waals surface area contributed by atoms with E-state index in [2.05, 4.69) is 26.0 Å². The Morgan fingerprint density at radius 2 is 1.91 bits per heavy atom. The average Bonchev–Trinajstić information content (AvgIpc) is 3.50. The van der Waals surface area contributed by atoms with Gasteiger partial charge in [-0.2, -0.15) is 5.10 Å².